The van der Waals surface area contributed by atoms with Crippen LogP contribution in [0.2, 0.25) is 5.02 Å². The summed E-state index contributed by atoms with van der Waals surface area (Å²) in [5, 5.41) is 12.4. The van der Waals surface area contributed by atoms with Gasteiger partial charge in [-0.05, 0) is 37.5 Å². The van der Waals surface area contributed by atoms with Gasteiger partial charge in [0.1, 0.15) is 6.07 Å². The Kier molecular flexibility index (Phi) is 5.25. The van der Waals surface area contributed by atoms with Gasteiger partial charge in [0.2, 0.25) is 5.91 Å². The summed E-state index contributed by atoms with van der Waals surface area (Å²) in [5.41, 5.74) is 1.29. The van der Waals surface area contributed by atoms with Gasteiger partial charge in [0.05, 0.1) is 10.6 Å². The number of likely N-dealkylation sites (tertiary alicyclic amines) is 1. The average Bonchev–Trinajstić information content (AvgIpc) is 2.48. The van der Waals surface area contributed by atoms with Crippen LogP contribution < -0.4 is 5.32 Å². The Labute approximate surface area is 124 Å². The average molecular weight is 292 g/mol. The summed E-state index contributed by atoms with van der Waals surface area (Å²) in [6.07, 6.45) is 3.94. The molecule has 1 amide bonds. The summed E-state index contributed by atoms with van der Waals surface area (Å²) < 4.78 is 0. The second-order valence-electron chi connectivity index (χ2n) is 4.92. The highest BCUT2D eigenvalue weighted by Crippen LogP contribution is 2.20. The number of nitrogens with zero attached hydrogens (tertiary/aromatic N) is 2. The molecule has 0 radical (unpaired) electrons. The standard InChI is InChI=1S/C15H18ClN3O/c16-14-10-13(5-4-12(14)11-17)18-7-6-15(20)19-8-2-1-3-9-19/h4-5,10,18H,1-3,6-9H2. The number of nitrogens with one attached hydrogen (secondary N) is 1. The summed E-state index contributed by atoms with van der Waals surface area (Å²) in [5.74, 6) is 0.206. The number of piperidine rings is 1. The van der Waals surface area contributed by atoms with Crippen molar-refractivity contribution in [2.75, 3.05) is 25.0 Å². The van der Waals surface area contributed by atoms with Crippen LogP contribution in [0.4, 0.5) is 5.69 Å². The van der Waals surface area contributed by atoms with Gasteiger partial charge in [0, 0.05) is 31.7 Å². The first-order chi connectivity index (χ1) is 9.70. The number of amides is 1. The van der Waals surface area contributed by atoms with Crippen molar-refractivity contribution >= 4 is 23.2 Å². The smallest absolute Gasteiger partial charge is 0.224 e. The molecule has 1 N–H and O–H groups in total. The van der Waals surface area contributed by atoms with Crippen molar-refractivity contribution in [3.05, 3.63) is 28.8 Å². The van der Waals surface area contributed by atoms with Gasteiger partial charge in [-0.3, -0.25) is 4.79 Å². The Hall–Kier alpha value is -1.73. The van der Waals surface area contributed by atoms with E-state index in [0.717, 1.165) is 31.6 Å². The van der Waals surface area contributed by atoms with Crippen LogP contribution in [0, 0.1) is 11.3 Å². The number of hydrogen-bond donors (Lipinski definition) is 1. The number of nitriles is 1. The molecule has 1 aliphatic rings. The predicted molar refractivity (Wildman–Crippen MR) is 79.7 cm³/mol. The third-order valence-corrected chi connectivity index (χ3v) is 3.78. The largest absolute Gasteiger partial charge is 0.384 e. The fraction of sp³-hybridized carbons (Fsp3) is 0.467. The minimum atomic E-state index is 0.206. The summed E-state index contributed by atoms with van der Waals surface area (Å²) in [7, 11) is 0. The minimum absolute atomic E-state index is 0.206. The van der Waals surface area contributed by atoms with E-state index in [-0.39, 0.29) is 5.91 Å². The zero-order valence-electron chi connectivity index (χ0n) is 11.4. The fourth-order valence-electron chi connectivity index (χ4n) is 2.33. The fourth-order valence-corrected chi connectivity index (χ4v) is 2.55. The maximum Gasteiger partial charge on any atom is 0.224 e. The van der Waals surface area contributed by atoms with E-state index >= 15 is 0 Å². The van der Waals surface area contributed by atoms with Crippen LogP contribution in [0.5, 0.6) is 0 Å². The summed E-state index contributed by atoms with van der Waals surface area (Å²) in [6, 6.07) is 7.21. The summed E-state index contributed by atoms with van der Waals surface area (Å²) in [4.78, 5) is 13.9. The SMILES string of the molecule is N#Cc1ccc(NCCC(=O)N2CCCCC2)cc1Cl. The molecule has 20 heavy (non-hydrogen) atoms. The highest BCUT2D eigenvalue weighted by Gasteiger charge is 2.15. The lowest BCUT2D eigenvalue weighted by Crippen LogP contribution is -2.36. The maximum absolute atomic E-state index is 12.0. The number of hydrogen-bond acceptors (Lipinski definition) is 3. The van der Waals surface area contributed by atoms with Crippen LogP contribution in [0.25, 0.3) is 0 Å². The molecule has 0 aliphatic carbocycles. The molecule has 106 valence electrons. The molecule has 0 bridgehead atoms. The van der Waals surface area contributed by atoms with E-state index < -0.39 is 0 Å². The second-order valence-corrected chi connectivity index (χ2v) is 5.33. The van der Waals surface area contributed by atoms with E-state index in [1.54, 1.807) is 18.2 Å². The van der Waals surface area contributed by atoms with Crippen LogP contribution in [0.15, 0.2) is 18.2 Å². The van der Waals surface area contributed by atoms with E-state index in [2.05, 4.69) is 5.32 Å². The molecule has 5 heteroatoms. The van der Waals surface area contributed by atoms with Gasteiger partial charge < -0.3 is 10.2 Å². The summed E-state index contributed by atoms with van der Waals surface area (Å²) in [6.45, 7) is 2.36. The van der Waals surface area contributed by atoms with Crippen molar-refractivity contribution in [3.63, 3.8) is 0 Å². The lowest BCUT2D eigenvalue weighted by atomic mass is 10.1. The molecule has 4 nitrogen and oxygen atoms in total. The molecule has 1 fully saturated rings. The van der Waals surface area contributed by atoms with Gasteiger partial charge in [-0.2, -0.15) is 5.26 Å². The molecule has 1 aromatic rings. The number of carbonyl (C=O) groups excluding carboxylic acids is 1. The van der Waals surface area contributed by atoms with E-state index in [1.165, 1.54) is 6.42 Å². The zero-order valence-corrected chi connectivity index (χ0v) is 12.1. The van der Waals surface area contributed by atoms with Crippen LogP contribution in [-0.4, -0.2) is 30.4 Å². The Bertz CT molecular complexity index is 518. The minimum Gasteiger partial charge on any atom is -0.384 e. The number of rotatable bonds is 4. The number of carbonyl (C=O) groups is 1. The van der Waals surface area contributed by atoms with E-state index in [0.29, 0.717) is 23.6 Å². The van der Waals surface area contributed by atoms with Gasteiger partial charge in [-0.15, -0.1) is 0 Å². The normalized spacial score (nSPS) is 14.7. The Morgan fingerprint density at radius 1 is 1.35 bits per heavy atom. The van der Waals surface area contributed by atoms with Gasteiger partial charge in [0.15, 0.2) is 0 Å². The first-order valence-corrected chi connectivity index (χ1v) is 7.30. The highest BCUT2D eigenvalue weighted by atomic mass is 35.5. The van der Waals surface area contributed by atoms with Crippen molar-refractivity contribution in [3.8, 4) is 6.07 Å². The first kappa shape index (κ1) is 14.7. The van der Waals surface area contributed by atoms with Crippen LogP contribution in [-0.2, 0) is 4.79 Å². The van der Waals surface area contributed by atoms with Crippen molar-refractivity contribution < 1.29 is 4.79 Å². The monoisotopic (exact) mass is 291 g/mol. The van der Waals surface area contributed by atoms with Gasteiger partial charge >= 0.3 is 0 Å². The van der Waals surface area contributed by atoms with Crippen molar-refractivity contribution in [2.24, 2.45) is 0 Å². The predicted octanol–water partition coefficient (Wildman–Crippen LogP) is 3.03. The van der Waals surface area contributed by atoms with Crippen LogP contribution in [0.3, 0.4) is 0 Å². The molecule has 0 atom stereocenters. The van der Waals surface area contributed by atoms with E-state index in [9.17, 15) is 4.79 Å². The molecule has 0 aromatic heterocycles. The van der Waals surface area contributed by atoms with Gasteiger partial charge in [-0.1, -0.05) is 11.6 Å². The molecule has 1 saturated heterocycles. The van der Waals surface area contributed by atoms with Gasteiger partial charge in [-0.25, -0.2) is 0 Å². The van der Waals surface area contributed by atoms with Crippen molar-refractivity contribution in [1.82, 2.24) is 4.90 Å². The van der Waals surface area contributed by atoms with Gasteiger partial charge in [0.25, 0.3) is 0 Å². The quantitative estimate of drug-likeness (QED) is 0.928. The molecule has 0 saturated carbocycles. The molecule has 0 spiro atoms. The second kappa shape index (κ2) is 7.16. The first-order valence-electron chi connectivity index (χ1n) is 6.92. The van der Waals surface area contributed by atoms with Crippen molar-refractivity contribution in [1.29, 1.82) is 5.26 Å². The molecule has 1 aliphatic heterocycles. The molecular weight excluding hydrogens is 274 g/mol. The zero-order chi connectivity index (χ0) is 14.4. The van der Waals surface area contributed by atoms with Crippen LogP contribution >= 0.6 is 11.6 Å². The molecular formula is C15H18ClN3O. The number of benzene rings is 1. The maximum atomic E-state index is 12.0. The molecule has 0 unspecified atom stereocenters. The number of halogens is 1. The molecule has 2 rings (SSSR count). The van der Waals surface area contributed by atoms with Crippen LogP contribution in [0.1, 0.15) is 31.2 Å². The Balaban J connectivity index is 1.79. The third kappa shape index (κ3) is 3.88. The van der Waals surface area contributed by atoms with E-state index in [4.69, 9.17) is 16.9 Å². The lowest BCUT2D eigenvalue weighted by Gasteiger charge is -2.26. The molecule has 1 aromatic carbocycles. The Morgan fingerprint density at radius 2 is 2.10 bits per heavy atom. The van der Waals surface area contributed by atoms with Crippen molar-refractivity contribution in [2.45, 2.75) is 25.7 Å². The highest BCUT2D eigenvalue weighted by molar-refractivity contribution is 6.32. The third-order valence-electron chi connectivity index (χ3n) is 3.47. The summed E-state index contributed by atoms with van der Waals surface area (Å²) >= 11 is 5.96. The molecule has 1 heterocycles. The topological polar surface area (TPSA) is 56.1 Å². The Morgan fingerprint density at radius 3 is 2.75 bits per heavy atom. The number of anilines is 1. The lowest BCUT2D eigenvalue weighted by molar-refractivity contribution is -0.131. The van der Waals surface area contributed by atoms with E-state index in [1.807, 2.05) is 11.0 Å².